The van der Waals surface area contributed by atoms with Gasteiger partial charge in [-0.1, -0.05) is 23.2 Å². The van der Waals surface area contributed by atoms with Gasteiger partial charge in [0.05, 0.1) is 9.91 Å². The summed E-state index contributed by atoms with van der Waals surface area (Å²) < 4.78 is 0.977. The molecular weight excluding hydrogens is 255 g/mol. The monoisotopic (exact) mass is 262 g/mol. The number of rotatable bonds is 1. The van der Waals surface area contributed by atoms with E-state index in [0.29, 0.717) is 39.1 Å². The Morgan fingerprint density at radius 1 is 1.33 bits per heavy atom. The number of hydrogen-bond donors (Lipinski definition) is 1. The Hall–Kier alpha value is -0.510. The van der Waals surface area contributed by atoms with Gasteiger partial charge in [-0.3, -0.25) is 4.79 Å². The van der Waals surface area contributed by atoms with Crippen LogP contribution < -0.4 is 0 Å². The summed E-state index contributed by atoms with van der Waals surface area (Å²) in [5.74, 6) is 0.0673. The molecule has 1 aliphatic carbocycles. The summed E-state index contributed by atoms with van der Waals surface area (Å²) in [4.78, 5) is 11.7. The molecule has 0 spiro atoms. The number of ketones is 1. The van der Waals surface area contributed by atoms with Crippen LogP contribution in [-0.4, -0.2) is 10.9 Å². The fourth-order valence-electron chi connectivity index (χ4n) is 1.64. The molecule has 0 aromatic carbocycles. The number of Topliss-reactive ketones (excluding diaryl/α,β-unsaturated/α-hetero) is 1. The van der Waals surface area contributed by atoms with E-state index in [1.54, 1.807) is 6.07 Å². The SMILES string of the molecule is O=C1CCCC(O)=C1c1cc(Cl)sc1Cl. The second-order valence-electron chi connectivity index (χ2n) is 3.34. The Bertz CT molecular complexity index is 448. The van der Waals surface area contributed by atoms with Crippen molar-refractivity contribution in [1.82, 2.24) is 0 Å². The molecule has 1 heterocycles. The quantitative estimate of drug-likeness (QED) is 0.828. The van der Waals surface area contributed by atoms with Crippen LogP contribution in [0, 0.1) is 0 Å². The summed E-state index contributed by atoms with van der Waals surface area (Å²) in [6.45, 7) is 0. The van der Waals surface area contributed by atoms with Crippen molar-refractivity contribution in [2.24, 2.45) is 0 Å². The van der Waals surface area contributed by atoms with Crippen molar-refractivity contribution in [3.8, 4) is 0 Å². The molecule has 0 unspecified atom stereocenters. The van der Waals surface area contributed by atoms with Crippen LogP contribution >= 0.6 is 34.5 Å². The van der Waals surface area contributed by atoms with Gasteiger partial charge in [0, 0.05) is 18.4 Å². The third-order valence-corrected chi connectivity index (χ3v) is 3.80. The van der Waals surface area contributed by atoms with Gasteiger partial charge in [-0.05, 0) is 12.5 Å². The number of thiophene rings is 1. The van der Waals surface area contributed by atoms with Crippen LogP contribution in [0.2, 0.25) is 8.67 Å². The Labute approximate surface area is 101 Å². The average molecular weight is 263 g/mol. The molecule has 1 aromatic heterocycles. The van der Waals surface area contributed by atoms with Gasteiger partial charge in [-0.2, -0.15) is 0 Å². The van der Waals surface area contributed by atoms with Crippen molar-refractivity contribution in [1.29, 1.82) is 0 Å². The molecule has 0 atom stereocenters. The fourth-order valence-corrected chi connectivity index (χ4v) is 3.12. The number of halogens is 2. The predicted molar refractivity (Wildman–Crippen MR) is 62.7 cm³/mol. The van der Waals surface area contributed by atoms with E-state index in [4.69, 9.17) is 23.2 Å². The molecule has 5 heteroatoms. The van der Waals surface area contributed by atoms with E-state index in [2.05, 4.69) is 0 Å². The largest absolute Gasteiger partial charge is 0.512 e. The zero-order valence-electron chi connectivity index (χ0n) is 7.72. The summed E-state index contributed by atoms with van der Waals surface area (Å²) in [5.41, 5.74) is 0.906. The van der Waals surface area contributed by atoms with Gasteiger partial charge in [-0.25, -0.2) is 0 Å². The van der Waals surface area contributed by atoms with E-state index >= 15 is 0 Å². The van der Waals surface area contributed by atoms with Gasteiger partial charge in [0.1, 0.15) is 10.1 Å². The van der Waals surface area contributed by atoms with E-state index in [9.17, 15) is 9.90 Å². The highest BCUT2D eigenvalue weighted by Gasteiger charge is 2.24. The molecule has 1 aliphatic rings. The maximum Gasteiger partial charge on any atom is 0.166 e. The zero-order chi connectivity index (χ0) is 11.0. The van der Waals surface area contributed by atoms with Crippen molar-refractivity contribution in [3.05, 3.63) is 26.1 Å². The molecule has 0 amide bonds. The van der Waals surface area contributed by atoms with Gasteiger partial charge in [-0.15, -0.1) is 11.3 Å². The maximum atomic E-state index is 11.7. The molecule has 15 heavy (non-hydrogen) atoms. The lowest BCUT2D eigenvalue weighted by Gasteiger charge is -2.14. The maximum absolute atomic E-state index is 11.7. The van der Waals surface area contributed by atoms with Gasteiger partial charge in [0.15, 0.2) is 5.78 Å². The smallest absolute Gasteiger partial charge is 0.166 e. The first-order chi connectivity index (χ1) is 7.09. The minimum Gasteiger partial charge on any atom is -0.512 e. The molecule has 0 aliphatic heterocycles. The minimum absolute atomic E-state index is 0.0601. The fraction of sp³-hybridized carbons (Fsp3) is 0.300. The molecule has 2 nitrogen and oxygen atoms in total. The van der Waals surface area contributed by atoms with Crippen LogP contribution in [0.4, 0.5) is 0 Å². The molecule has 0 saturated heterocycles. The predicted octanol–water partition coefficient (Wildman–Crippen LogP) is 4.08. The van der Waals surface area contributed by atoms with Crippen LogP contribution in [0.25, 0.3) is 5.57 Å². The Balaban J connectivity index is 2.53. The van der Waals surface area contributed by atoms with Gasteiger partial charge in [0.25, 0.3) is 0 Å². The van der Waals surface area contributed by atoms with Gasteiger partial charge >= 0.3 is 0 Å². The second kappa shape index (κ2) is 4.16. The first-order valence-electron chi connectivity index (χ1n) is 4.50. The third kappa shape index (κ3) is 2.05. The molecule has 0 fully saturated rings. The first-order valence-corrected chi connectivity index (χ1v) is 6.07. The molecule has 1 aromatic rings. The topological polar surface area (TPSA) is 37.3 Å². The van der Waals surface area contributed by atoms with Gasteiger partial charge < -0.3 is 5.11 Å². The number of aliphatic hydroxyl groups excluding tert-OH is 1. The summed E-state index contributed by atoms with van der Waals surface area (Å²) in [6.07, 6.45) is 1.69. The van der Waals surface area contributed by atoms with Crippen molar-refractivity contribution < 1.29 is 9.90 Å². The van der Waals surface area contributed by atoms with Crippen molar-refractivity contribution in [3.63, 3.8) is 0 Å². The molecule has 0 radical (unpaired) electrons. The Morgan fingerprint density at radius 3 is 2.60 bits per heavy atom. The van der Waals surface area contributed by atoms with E-state index < -0.39 is 0 Å². The summed E-state index contributed by atoms with van der Waals surface area (Å²) >= 11 is 12.9. The number of hydrogen-bond acceptors (Lipinski definition) is 3. The average Bonchev–Trinajstić information content (AvgIpc) is 2.45. The van der Waals surface area contributed by atoms with E-state index in [1.807, 2.05) is 0 Å². The molecule has 80 valence electrons. The zero-order valence-corrected chi connectivity index (χ0v) is 10.0. The second-order valence-corrected chi connectivity index (χ2v) is 5.62. The van der Waals surface area contributed by atoms with E-state index in [0.717, 1.165) is 0 Å². The number of carbonyl (C=O) groups excluding carboxylic acids is 1. The van der Waals surface area contributed by atoms with Crippen molar-refractivity contribution in [2.75, 3.05) is 0 Å². The summed E-state index contributed by atoms with van der Waals surface area (Å²) in [6, 6.07) is 1.63. The number of aliphatic hydroxyl groups is 1. The van der Waals surface area contributed by atoms with E-state index in [-0.39, 0.29) is 11.5 Å². The Morgan fingerprint density at radius 2 is 2.07 bits per heavy atom. The highest BCUT2D eigenvalue weighted by molar-refractivity contribution is 7.20. The van der Waals surface area contributed by atoms with Crippen LogP contribution in [-0.2, 0) is 4.79 Å². The van der Waals surface area contributed by atoms with E-state index in [1.165, 1.54) is 11.3 Å². The standard InChI is InChI=1S/C10H8Cl2O2S/c11-8-4-5(10(12)15-8)9-6(13)2-1-3-7(9)14/h4,13H,1-3H2. The molecule has 1 N–H and O–H groups in total. The van der Waals surface area contributed by atoms with Crippen molar-refractivity contribution >= 4 is 45.9 Å². The van der Waals surface area contributed by atoms with Crippen molar-refractivity contribution in [2.45, 2.75) is 19.3 Å². The molecule has 0 saturated carbocycles. The van der Waals surface area contributed by atoms with Crippen LogP contribution in [0.1, 0.15) is 24.8 Å². The molecular formula is C10H8Cl2O2S. The molecule has 0 bridgehead atoms. The van der Waals surface area contributed by atoms with Crippen LogP contribution in [0.5, 0.6) is 0 Å². The van der Waals surface area contributed by atoms with Crippen LogP contribution in [0.3, 0.4) is 0 Å². The molecule has 2 rings (SSSR count). The lowest BCUT2D eigenvalue weighted by molar-refractivity contribution is -0.114. The van der Waals surface area contributed by atoms with Crippen LogP contribution in [0.15, 0.2) is 11.8 Å². The minimum atomic E-state index is -0.0601. The third-order valence-electron chi connectivity index (χ3n) is 2.31. The highest BCUT2D eigenvalue weighted by Crippen LogP contribution is 2.39. The lowest BCUT2D eigenvalue weighted by Crippen LogP contribution is -2.10. The lowest BCUT2D eigenvalue weighted by atomic mass is 9.92. The normalized spacial score (nSPS) is 17.3. The summed E-state index contributed by atoms with van der Waals surface area (Å²) in [7, 11) is 0. The van der Waals surface area contributed by atoms with Gasteiger partial charge in [0.2, 0.25) is 0 Å². The number of carbonyl (C=O) groups is 1. The Kier molecular flexibility index (Phi) is 3.05. The highest BCUT2D eigenvalue weighted by atomic mass is 35.5. The first kappa shape index (κ1) is 11.0. The number of allylic oxidation sites excluding steroid dienone is 2. The summed E-state index contributed by atoms with van der Waals surface area (Å²) in [5, 5.41) is 9.69.